The standard InChI is InChI=1S/C19H28N4O3/c1-12(2)10-23-5-6-25-15(11-23)9-20-18(24)14-7-16-17(13(3)4)22-26-19(16)21-8-14/h7-8,12-13,15H,5-6,9-11H2,1-4H3,(H,20,24). The van der Waals surface area contributed by atoms with Crippen molar-refractivity contribution in [3.8, 4) is 0 Å². The summed E-state index contributed by atoms with van der Waals surface area (Å²) in [5, 5.41) is 7.81. The van der Waals surface area contributed by atoms with E-state index >= 15 is 0 Å². The first-order valence-corrected chi connectivity index (χ1v) is 9.31. The molecule has 7 nitrogen and oxygen atoms in total. The fourth-order valence-corrected chi connectivity index (χ4v) is 3.29. The van der Waals surface area contributed by atoms with Crippen molar-refractivity contribution in [2.45, 2.75) is 39.7 Å². The molecule has 0 bridgehead atoms. The molecule has 1 N–H and O–H groups in total. The number of hydrogen-bond acceptors (Lipinski definition) is 6. The Balaban J connectivity index is 1.61. The van der Waals surface area contributed by atoms with Gasteiger partial charge in [-0.2, -0.15) is 0 Å². The fourth-order valence-electron chi connectivity index (χ4n) is 3.29. The third kappa shape index (κ3) is 4.40. The molecule has 0 radical (unpaired) electrons. The lowest BCUT2D eigenvalue weighted by Crippen LogP contribution is -2.48. The van der Waals surface area contributed by atoms with Gasteiger partial charge >= 0.3 is 0 Å². The molecular weight excluding hydrogens is 332 g/mol. The molecule has 7 heteroatoms. The van der Waals surface area contributed by atoms with Gasteiger partial charge in [0, 0.05) is 32.4 Å². The van der Waals surface area contributed by atoms with E-state index in [1.54, 1.807) is 6.07 Å². The second kappa shape index (κ2) is 8.14. The van der Waals surface area contributed by atoms with E-state index in [1.165, 1.54) is 6.20 Å². The van der Waals surface area contributed by atoms with Gasteiger partial charge in [-0.25, -0.2) is 4.98 Å². The zero-order valence-corrected chi connectivity index (χ0v) is 16.0. The summed E-state index contributed by atoms with van der Waals surface area (Å²) in [7, 11) is 0. The first-order chi connectivity index (χ1) is 12.4. The zero-order chi connectivity index (χ0) is 18.7. The lowest BCUT2D eigenvalue weighted by Gasteiger charge is -2.33. The molecule has 1 atom stereocenters. The van der Waals surface area contributed by atoms with Crippen LogP contribution in [0.15, 0.2) is 16.8 Å². The van der Waals surface area contributed by atoms with Crippen molar-refractivity contribution in [2.75, 3.05) is 32.8 Å². The second-order valence-electron chi connectivity index (χ2n) is 7.66. The Morgan fingerprint density at radius 3 is 2.92 bits per heavy atom. The maximum absolute atomic E-state index is 12.5. The van der Waals surface area contributed by atoms with Gasteiger partial charge in [-0.1, -0.05) is 32.9 Å². The maximum Gasteiger partial charge on any atom is 0.257 e. The second-order valence-corrected chi connectivity index (χ2v) is 7.66. The highest BCUT2D eigenvalue weighted by molar-refractivity contribution is 5.97. The van der Waals surface area contributed by atoms with Gasteiger partial charge in [0.05, 0.1) is 29.4 Å². The van der Waals surface area contributed by atoms with E-state index in [9.17, 15) is 4.79 Å². The number of hydrogen-bond donors (Lipinski definition) is 1. The summed E-state index contributed by atoms with van der Waals surface area (Å²) in [5.74, 6) is 0.679. The average Bonchev–Trinajstić information content (AvgIpc) is 3.02. The van der Waals surface area contributed by atoms with Crippen molar-refractivity contribution in [2.24, 2.45) is 5.92 Å². The number of amides is 1. The highest BCUT2D eigenvalue weighted by atomic mass is 16.5. The summed E-state index contributed by atoms with van der Waals surface area (Å²) < 4.78 is 11.0. The molecule has 1 amide bonds. The van der Waals surface area contributed by atoms with Gasteiger partial charge in [0.2, 0.25) is 0 Å². The van der Waals surface area contributed by atoms with Crippen LogP contribution >= 0.6 is 0 Å². The molecular formula is C19H28N4O3. The Morgan fingerprint density at radius 2 is 2.19 bits per heavy atom. The molecule has 0 saturated carbocycles. The van der Waals surface area contributed by atoms with E-state index in [0.717, 1.165) is 30.7 Å². The monoisotopic (exact) mass is 360 g/mol. The smallest absolute Gasteiger partial charge is 0.257 e. The van der Waals surface area contributed by atoms with Gasteiger partial charge in [0.15, 0.2) is 0 Å². The molecule has 1 unspecified atom stereocenters. The minimum Gasteiger partial charge on any atom is -0.374 e. The number of fused-ring (bicyclic) bond motifs is 1. The average molecular weight is 360 g/mol. The minimum atomic E-state index is -0.153. The van der Waals surface area contributed by atoms with Gasteiger partial charge in [-0.3, -0.25) is 9.69 Å². The Bertz CT molecular complexity index is 756. The predicted octanol–water partition coefficient (Wildman–Crippen LogP) is 2.43. The Labute approximate surface area is 154 Å². The molecule has 3 rings (SSSR count). The summed E-state index contributed by atoms with van der Waals surface area (Å²) >= 11 is 0. The van der Waals surface area contributed by atoms with Crippen molar-refractivity contribution >= 4 is 17.0 Å². The molecule has 1 aliphatic heterocycles. The number of aromatic nitrogens is 2. The van der Waals surface area contributed by atoms with Crippen molar-refractivity contribution in [1.29, 1.82) is 0 Å². The summed E-state index contributed by atoms with van der Waals surface area (Å²) in [5.41, 5.74) is 1.80. The summed E-state index contributed by atoms with van der Waals surface area (Å²) in [6.07, 6.45) is 1.55. The van der Waals surface area contributed by atoms with Crippen LogP contribution in [0, 0.1) is 5.92 Å². The predicted molar refractivity (Wildman–Crippen MR) is 99.2 cm³/mol. The largest absolute Gasteiger partial charge is 0.374 e. The van der Waals surface area contributed by atoms with Gasteiger partial charge in [-0.15, -0.1) is 0 Å². The van der Waals surface area contributed by atoms with Crippen LogP contribution in [0.4, 0.5) is 0 Å². The molecule has 1 fully saturated rings. The topological polar surface area (TPSA) is 80.5 Å². The highest BCUT2D eigenvalue weighted by Gasteiger charge is 2.22. The van der Waals surface area contributed by atoms with Crippen molar-refractivity contribution in [1.82, 2.24) is 20.4 Å². The molecule has 0 aromatic carbocycles. The van der Waals surface area contributed by atoms with E-state index in [-0.39, 0.29) is 17.9 Å². The highest BCUT2D eigenvalue weighted by Crippen LogP contribution is 2.24. The molecule has 142 valence electrons. The van der Waals surface area contributed by atoms with E-state index in [1.807, 2.05) is 13.8 Å². The van der Waals surface area contributed by atoms with Crippen LogP contribution < -0.4 is 5.32 Å². The van der Waals surface area contributed by atoms with Gasteiger partial charge in [-0.05, 0) is 17.9 Å². The van der Waals surface area contributed by atoms with Gasteiger partial charge in [0.25, 0.3) is 11.6 Å². The molecule has 1 saturated heterocycles. The van der Waals surface area contributed by atoms with Crippen LogP contribution in [0.2, 0.25) is 0 Å². The number of rotatable bonds is 6. The van der Waals surface area contributed by atoms with E-state index in [2.05, 4.69) is 34.2 Å². The lowest BCUT2D eigenvalue weighted by atomic mass is 10.1. The molecule has 3 heterocycles. The summed E-state index contributed by atoms with van der Waals surface area (Å²) in [6, 6.07) is 1.80. The molecule has 2 aromatic heterocycles. The van der Waals surface area contributed by atoms with Gasteiger partial charge < -0.3 is 14.6 Å². The van der Waals surface area contributed by atoms with Crippen molar-refractivity contribution < 1.29 is 14.1 Å². The molecule has 0 aliphatic carbocycles. The number of carbonyl (C=O) groups is 1. The number of nitrogens with one attached hydrogen (secondary N) is 1. The van der Waals surface area contributed by atoms with E-state index in [4.69, 9.17) is 9.26 Å². The first kappa shape index (κ1) is 18.8. The Morgan fingerprint density at radius 1 is 1.38 bits per heavy atom. The first-order valence-electron chi connectivity index (χ1n) is 9.31. The SMILES string of the molecule is CC(C)CN1CCOC(CNC(=O)c2cnc3onc(C(C)C)c3c2)C1. The molecule has 26 heavy (non-hydrogen) atoms. The van der Waals surface area contributed by atoms with Crippen LogP contribution in [0.5, 0.6) is 0 Å². The van der Waals surface area contributed by atoms with Crippen LogP contribution in [0.1, 0.15) is 49.7 Å². The Hall–Kier alpha value is -1.99. The zero-order valence-electron chi connectivity index (χ0n) is 16.0. The fraction of sp³-hybridized carbons (Fsp3) is 0.632. The maximum atomic E-state index is 12.5. The normalized spacial score (nSPS) is 18.8. The van der Waals surface area contributed by atoms with Gasteiger partial charge in [0.1, 0.15) is 0 Å². The number of morpholine rings is 1. The van der Waals surface area contributed by atoms with Crippen molar-refractivity contribution in [3.63, 3.8) is 0 Å². The van der Waals surface area contributed by atoms with E-state index in [0.29, 0.717) is 30.3 Å². The molecule has 1 aliphatic rings. The van der Waals surface area contributed by atoms with E-state index < -0.39 is 0 Å². The quantitative estimate of drug-likeness (QED) is 0.852. The number of nitrogens with zero attached hydrogens (tertiary/aromatic N) is 3. The minimum absolute atomic E-state index is 0.0185. The molecule has 0 spiro atoms. The Kier molecular flexibility index (Phi) is 5.88. The summed E-state index contributed by atoms with van der Waals surface area (Å²) in [4.78, 5) is 19.1. The number of pyridine rings is 1. The molecule has 2 aromatic rings. The van der Waals surface area contributed by atoms with Crippen LogP contribution in [0.3, 0.4) is 0 Å². The van der Waals surface area contributed by atoms with Crippen LogP contribution in [-0.2, 0) is 4.74 Å². The van der Waals surface area contributed by atoms with Crippen LogP contribution in [-0.4, -0.2) is 59.8 Å². The summed E-state index contributed by atoms with van der Waals surface area (Å²) in [6.45, 7) is 12.6. The lowest BCUT2D eigenvalue weighted by molar-refractivity contribution is -0.0295. The van der Waals surface area contributed by atoms with Crippen molar-refractivity contribution in [3.05, 3.63) is 23.5 Å². The number of carbonyl (C=O) groups excluding carboxylic acids is 1. The third-order valence-electron chi connectivity index (χ3n) is 4.50. The number of ether oxygens (including phenoxy) is 1. The van der Waals surface area contributed by atoms with Crippen LogP contribution in [0.25, 0.3) is 11.1 Å². The third-order valence-corrected chi connectivity index (χ3v) is 4.50.